The van der Waals surface area contributed by atoms with Crippen LogP contribution in [0.2, 0.25) is 5.02 Å². The minimum Gasteiger partial charge on any atom is -0.506 e. The summed E-state index contributed by atoms with van der Waals surface area (Å²) in [6.45, 7) is 8.29. The Balaban J connectivity index is 2.28. The van der Waals surface area contributed by atoms with Crippen LogP contribution in [0.15, 0.2) is 23.7 Å². The van der Waals surface area contributed by atoms with Gasteiger partial charge in [0, 0.05) is 6.54 Å². The molecule has 21 heavy (non-hydrogen) atoms. The highest BCUT2D eigenvalue weighted by molar-refractivity contribution is 6.55. The molecular weight excluding hydrogens is 288 g/mol. The highest BCUT2D eigenvalue weighted by atomic mass is 35.5. The summed E-state index contributed by atoms with van der Waals surface area (Å²) in [7, 11) is -0.488. The van der Waals surface area contributed by atoms with Gasteiger partial charge in [-0.05, 0) is 50.9 Å². The SMILES string of the molecule is CC1(C)OB(C(=Cc2ccc(Cl)c(O)c2)CN)OC1(C)C. The van der Waals surface area contributed by atoms with Crippen LogP contribution < -0.4 is 5.73 Å². The van der Waals surface area contributed by atoms with Crippen molar-refractivity contribution in [1.29, 1.82) is 0 Å². The fourth-order valence-electron chi connectivity index (χ4n) is 2.05. The summed E-state index contributed by atoms with van der Waals surface area (Å²) in [5, 5.41) is 9.98. The monoisotopic (exact) mass is 309 g/mol. The largest absolute Gasteiger partial charge is 0.506 e. The summed E-state index contributed by atoms with van der Waals surface area (Å²) in [4.78, 5) is 0. The third-order valence-corrected chi connectivity index (χ3v) is 4.43. The van der Waals surface area contributed by atoms with Crippen LogP contribution in [0.25, 0.3) is 6.08 Å². The molecule has 2 rings (SSSR count). The molecule has 114 valence electrons. The zero-order valence-electron chi connectivity index (χ0n) is 12.8. The molecule has 1 fully saturated rings. The van der Waals surface area contributed by atoms with Gasteiger partial charge in [-0.25, -0.2) is 0 Å². The molecule has 0 radical (unpaired) electrons. The van der Waals surface area contributed by atoms with Gasteiger partial charge in [0.1, 0.15) is 5.75 Å². The summed E-state index contributed by atoms with van der Waals surface area (Å²) >= 11 is 5.81. The van der Waals surface area contributed by atoms with Crippen LogP contribution in [0.1, 0.15) is 33.3 Å². The third kappa shape index (κ3) is 3.26. The molecule has 0 saturated carbocycles. The van der Waals surface area contributed by atoms with Crippen LogP contribution in [-0.2, 0) is 9.31 Å². The average Bonchev–Trinajstić information content (AvgIpc) is 2.59. The van der Waals surface area contributed by atoms with Crippen molar-refractivity contribution < 1.29 is 14.4 Å². The van der Waals surface area contributed by atoms with Gasteiger partial charge in [-0.1, -0.05) is 23.7 Å². The molecule has 0 spiro atoms. The lowest BCUT2D eigenvalue weighted by molar-refractivity contribution is 0.00578. The van der Waals surface area contributed by atoms with E-state index in [1.807, 2.05) is 39.8 Å². The summed E-state index contributed by atoms with van der Waals surface area (Å²) in [5.74, 6) is 0.0377. The summed E-state index contributed by atoms with van der Waals surface area (Å²) in [6, 6.07) is 5.03. The molecule has 6 heteroatoms. The maximum Gasteiger partial charge on any atom is 0.491 e. The van der Waals surface area contributed by atoms with Crippen molar-refractivity contribution in [3.8, 4) is 5.75 Å². The summed E-state index contributed by atoms with van der Waals surface area (Å²) in [6.07, 6.45) is 1.86. The quantitative estimate of drug-likeness (QED) is 0.842. The van der Waals surface area contributed by atoms with E-state index >= 15 is 0 Å². The molecule has 4 nitrogen and oxygen atoms in total. The lowest BCUT2D eigenvalue weighted by atomic mass is 9.77. The van der Waals surface area contributed by atoms with Gasteiger partial charge in [-0.15, -0.1) is 0 Å². The molecule has 1 aromatic carbocycles. The van der Waals surface area contributed by atoms with E-state index in [2.05, 4.69) is 0 Å². The molecule has 1 aliphatic heterocycles. The van der Waals surface area contributed by atoms with Crippen molar-refractivity contribution >= 4 is 24.8 Å². The Hall–Kier alpha value is -1.01. The second kappa shape index (κ2) is 5.65. The van der Waals surface area contributed by atoms with E-state index < -0.39 is 18.3 Å². The normalized spacial score (nSPS) is 20.9. The first kappa shape index (κ1) is 16.4. The standard InChI is InChI=1S/C15H21BClNO3/c1-14(2)15(3,4)21-16(20-14)11(9-18)7-10-5-6-12(17)13(19)8-10/h5-8,19H,9,18H2,1-4H3. The molecule has 1 aromatic rings. The number of phenols is 1. The first-order chi connectivity index (χ1) is 9.66. The minimum atomic E-state index is -0.488. The topological polar surface area (TPSA) is 64.7 Å². The lowest BCUT2D eigenvalue weighted by Crippen LogP contribution is -2.41. The zero-order chi connectivity index (χ0) is 15.8. The Kier molecular flexibility index (Phi) is 4.40. The Bertz CT molecular complexity index is 556. The van der Waals surface area contributed by atoms with E-state index in [1.54, 1.807) is 12.1 Å². The second-order valence-corrected chi connectivity index (χ2v) is 6.63. The van der Waals surface area contributed by atoms with Crippen LogP contribution in [0.4, 0.5) is 0 Å². The van der Waals surface area contributed by atoms with Crippen molar-refractivity contribution in [2.75, 3.05) is 6.54 Å². The number of hydrogen-bond donors (Lipinski definition) is 2. The maximum atomic E-state index is 9.66. The number of halogens is 1. The van der Waals surface area contributed by atoms with Crippen LogP contribution >= 0.6 is 11.6 Å². The third-order valence-electron chi connectivity index (χ3n) is 4.11. The van der Waals surface area contributed by atoms with Crippen LogP contribution in [-0.4, -0.2) is 30.0 Å². The predicted octanol–water partition coefficient (Wildman–Crippen LogP) is 3.02. The molecule has 0 unspecified atom stereocenters. The van der Waals surface area contributed by atoms with Crippen LogP contribution in [0, 0.1) is 0 Å². The first-order valence-corrected chi connectivity index (χ1v) is 7.29. The Labute approximate surface area is 131 Å². The highest BCUT2D eigenvalue weighted by Gasteiger charge is 2.52. The van der Waals surface area contributed by atoms with Crippen LogP contribution in [0.5, 0.6) is 5.75 Å². The number of benzene rings is 1. The predicted molar refractivity (Wildman–Crippen MR) is 86.2 cm³/mol. The summed E-state index contributed by atoms with van der Waals surface area (Å²) in [5.41, 5.74) is 6.62. The second-order valence-electron chi connectivity index (χ2n) is 6.22. The number of rotatable bonds is 3. The van der Waals surface area contributed by atoms with Gasteiger partial charge < -0.3 is 20.1 Å². The molecule has 0 bridgehead atoms. The van der Waals surface area contributed by atoms with Gasteiger partial charge in [-0.3, -0.25) is 0 Å². The smallest absolute Gasteiger partial charge is 0.491 e. The van der Waals surface area contributed by atoms with E-state index in [-0.39, 0.29) is 5.75 Å². The van der Waals surface area contributed by atoms with E-state index in [0.717, 1.165) is 11.0 Å². The maximum absolute atomic E-state index is 9.66. The Morgan fingerprint density at radius 2 is 1.86 bits per heavy atom. The molecular formula is C15H21BClNO3. The van der Waals surface area contributed by atoms with E-state index in [4.69, 9.17) is 26.6 Å². The van der Waals surface area contributed by atoms with Crippen molar-refractivity contribution in [1.82, 2.24) is 0 Å². The van der Waals surface area contributed by atoms with E-state index in [9.17, 15) is 5.11 Å². The minimum absolute atomic E-state index is 0.0377. The van der Waals surface area contributed by atoms with Gasteiger partial charge in [0.05, 0.1) is 16.2 Å². The number of aromatic hydroxyl groups is 1. The zero-order valence-corrected chi connectivity index (χ0v) is 13.6. The number of hydrogen-bond acceptors (Lipinski definition) is 4. The molecule has 1 saturated heterocycles. The van der Waals surface area contributed by atoms with Gasteiger partial charge in [-0.2, -0.15) is 0 Å². The van der Waals surface area contributed by atoms with Crippen LogP contribution in [0.3, 0.4) is 0 Å². The van der Waals surface area contributed by atoms with Crippen molar-refractivity contribution in [3.05, 3.63) is 34.3 Å². The molecule has 0 aromatic heterocycles. The lowest BCUT2D eigenvalue weighted by Gasteiger charge is -2.32. The molecule has 0 amide bonds. The van der Waals surface area contributed by atoms with Crippen molar-refractivity contribution in [2.24, 2.45) is 5.73 Å². The van der Waals surface area contributed by atoms with Gasteiger partial charge in [0.15, 0.2) is 0 Å². The molecule has 3 N–H and O–H groups in total. The molecule has 0 aliphatic carbocycles. The van der Waals surface area contributed by atoms with E-state index in [1.165, 1.54) is 0 Å². The van der Waals surface area contributed by atoms with Gasteiger partial charge in [0.25, 0.3) is 0 Å². The average molecular weight is 310 g/mol. The summed E-state index contributed by atoms with van der Waals surface area (Å²) < 4.78 is 12.0. The van der Waals surface area contributed by atoms with Gasteiger partial charge >= 0.3 is 7.12 Å². The van der Waals surface area contributed by atoms with E-state index in [0.29, 0.717) is 11.6 Å². The molecule has 1 aliphatic rings. The first-order valence-electron chi connectivity index (χ1n) is 6.91. The molecule has 1 heterocycles. The Morgan fingerprint density at radius 1 is 1.29 bits per heavy atom. The van der Waals surface area contributed by atoms with Gasteiger partial charge in [0.2, 0.25) is 0 Å². The van der Waals surface area contributed by atoms with Crippen molar-refractivity contribution in [2.45, 2.75) is 38.9 Å². The molecule has 0 atom stereocenters. The van der Waals surface area contributed by atoms with Crippen molar-refractivity contribution in [3.63, 3.8) is 0 Å². The Morgan fingerprint density at radius 3 is 2.33 bits per heavy atom. The fraction of sp³-hybridized carbons (Fsp3) is 0.467. The highest BCUT2D eigenvalue weighted by Crippen LogP contribution is 2.38. The number of nitrogens with two attached hydrogens (primary N) is 1. The number of phenolic OH excluding ortho intramolecular Hbond substituents is 1. The fourth-order valence-corrected chi connectivity index (χ4v) is 2.17.